The Morgan fingerprint density at radius 2 is 1.50 bits per heavy atom. The molecule has 0 amide bonds. The first kappa shape index (κ1) is 11.3. The fourth-order valence-electron chi connectivity index (χ4n) is 1.77. The van der Waals surface area contributed by atoms with Gasteiger partial charge in [0.25, 0.3) is 0 Å². The minimum absolute atomic E-state index is 0.584. The predicted molar refractivity (Wildman–Crippen MR) is 73.2 cm³/mol. The smallest absolute Gasteiger partial charge is 0.0119 e. The van der Waals surface area contributed by atoms with Gasteiger partial charge in [-0.3, -0.25) is 0 Å². The molecular formula is C15H16S. The maximum Gasteiger partial charge on any atom is 0.0119 e. The van der Waals surface area contributed by atoms with Crippen LogP contribution < -0.4 is 0 Å². The Kier molecular flexibility index (Phi) is 3.35. The Balaban J connectivity index is 2.39. The minimum atomic E-state index is 0.584. The van der Waals surface area contributed by atoms with Gasteiger partial charge in [0, 0.05) is 4.90 Å². The zero-order chi connectivity index (χ0) is 11.5. The summed E-state index contributed by atoms with van der Waals surface area (Å²) in [5.74, 6) is 0.584. The van der Waals surface area contributed by atoms with E-state index in [2.05, 4.69) is 56.8 Å². The van der Waals surface area contributed by atoms with Crippen molar-refractivity contribution in [2.24, 2.45) is 0 Å². The van der Waals surface area contributed by atoms with E-state index in [4.69, 9.17) is 0 Å². The van der Waals surface area contributed by atoms with Crippen molar-refractivity contribution < 1.29 is 0 Å². The summed E-state index contributed by atoms with van der Waals surface area (Å²) >= 11 is 4.48. The van der Waals surface area contributed by atoms with Gasteiger partial charge in [-0.15, -0.1) is 12.6 Å². The van der Waals surface area contributed by atoms with E-state index in [1.165, 1.54) is 16.7 Å². The highest BCUT2D eigenvalue weighted by atomic mass is 32.1. The lowest BCUT2D eigenvalue weighted by Crippen LogP contribution is -1.87. The van der Waals surface area contributed by atoms with Gasteiger partial charge in [0.15, 0.2) is 0 Å². The van der Waals surface area contributed by atoms with Crippen LogP contribution in [0.25, 0.3) is 11.1 Å². The molecule has 2 aromatic carbocycles. The monoisotopic (exact) mass is 228 g/mol. The van der Waals surface area contributed by atoms with E-state index in [1.807, 2.05) is 18.2 Å². The lowest BCUT2D eigenvalue weighted by Gasteiger charge is -2.08. The molecule has 0 aliphatic rings. The molecule has 82 valence electrons. The summed E-state index contributed by atoms with van der Waals surface area (Å²) in [6, 6.07) is 16.9. The van der Waals surface area contributed by atoms with Crippen molar-refractivity contribution in [2.75, 3.05) is 0 Å². The molecule has 0 saturated carbocycles. The lowest BCUT2D eigenvalue weighted by atomic mass is 9.99. The second-order valence-electron chi connectivity index (χ2n) is 4.29. The molecule has 2 aromatic rings. The van der Waals surface area contributed by atoms with Gasteiger partial charge in [0.1, 0.15) is 0 Å². The highest BCUT2D eigenvalue weighted by Gasteiger charge is 2.02. The summed E-state index contributed by atoms with van der Waals surface area (Å²) in [6.45, 7) is 4.42. The summed E-state index contributed by atoms with van der Waals surface area (Å²) in [7, 11) is 0. The van der Waals surface area contributed by atoms with Crippen molar-refractivity contribution >= 4 is 12.6 Å². The molecular weight excluding hydrogens is 212 g/mol. The van der Waals surface area contributed by atoms with Crippen molar-refractivity contribution in [3.05, 3.63) is 54.1 Å². The van der Waals surface area contributed by atoms with Crippen LogP contribution in [0.5, 0.6) is 0 Å². The SMILES string of the molecule is CC(C)c1ccc(-c2ccccc2S)cc1. The molecule has 0 aliphatic carbocycles. The summed E-state index contributed by atoms with van der Waals surface area (Å²) in [6.07, 6.45) is 0. The number of benzene rings is 2. The van der Waals surface area contributed by atoms with Gasteiger partial charge in [-0.1, -0.05) is 56.3 Å². The van der Waals surface area contributed by atoms with Crippen LogP contribution in [0.4, 0.5) is 0 Å². The van der Waals surface area contributed by atoms with Crippen molar-refractivity contribution in [2.45, 2.75) is 24.7 Å². The van der Waals surface area contributed by atoms with E-state index < -0.39 is 0 Å². The molecule has 0 aliphatic heterocycles. The number of rotatable bonds is 2. The highest BCUT2D eigenvalue weighted by Crippen LogP contribution is 2.27. The normalized spacial score (nSPS) is 10.8. The standard InChI is InChI=1S/C15H16S/c1-11(2)12-7-9-13(10-8-12)14-5-3-4-6-15(14)16/h3-11,16H,1-2H3. The van der Waals surface area contributed by atoms with E-state index in [1.54, 1.807) is 0 Å². The van der Waals surface area contributed by atoms with Crippen LogP contribution in [0.1, 0.15) is 25.3 Å². The van der Waals surface area contributed by atoms with Gasteiger partial charge in [0.2, 0.25) is 0 Å². The van der Waals surface area contributed by atoms with E-state index in [9.17, 15) is 0 Å². The Morgan fingerprint density at radius 3 is 2.06 bits per heavy atom. The third-order valence-electron chi connectivity index (χ3n) is 2.79. The summed E-state index contributed by atoms with van der Waals surface area (Å²) in [4.78, 5) is 1.03. The number of hydrogen-bond acceptors (Lipinski definition) is 1. The van der Waals surface area contributed by atoms with Crippen LogP contribution in [-0.2, 0) is 0 Å². The van der Waals surface area contributed by atoms with E-state index in [0.717, 1.165) is 4.90 Å². The zero-order valence-corrected chi connectivity index (χ0v) is 10.5. The van der Waals surface area contributed by atoms with Gasteiger partial charge in [-0.2, -0.15) is 0 Å². The molecule has 0 fully saturated rings. The summed E-state index contributed by atoms with van der Waals surface area (Å²) in [5.41, 5.74) is 3.80. The van der Waals surface area contributed by atoms with Crippen LogP contribution in [0.15, 0.2) is 53.4 Å². The molecule has 1 heteroatoms. The maximum atomic E-state index is 4.48. The average molecular weight is 228 g/mol. The molecule has 0 unspecified atom stereocenters. The predicted octanol–water partition coefficient (Wildman–Crippen LogP) is 4.77. The molecule has 0 spiro atoms. The molecule has 0 heterocycles. The molecule has 16 heavy (non-hydrogen) atoms. The van der Waals surface area contributed by atoms with Crippen LogP contribution in [-0.4, -0.2) is 0 Å². The topological polar surface area (TPSA) is 0 Å². The fourth-order valence-corrected chi connectivity index (χ4v) is 2.06. The van der Waals surface area contributed by atoms with E-state index in [-0.39, 0.29) is 0 Å². The van der Waals surface area contributed by atoms with Crippen molar-refractivity contribution in [1.29, 1.82) is 0 Å². The Morgan fingerprint density at radius 1 is 0.875 bits per heavy atom. The Hall–Kier alpha value is -1.21. The molecule has 0 radical (unpaired) electrons. The quantitative estimate of drug-likeness (QED) is 0.703. The van der Waals surface area contributed by atoms with Crippen molar-refractivity contribution in [3.8, 4) is 11.1 Å². The summed E-state index contributed by atoms with van der Waals surface area (Å²) < 4.78 is 0. The fraction of sp³-hybridized carbons (Fsp3) is 0.200. The number of thiol groups is 1. The Bertz CT molecular complexity index is 469. The first-order valence-corrected chi connectivity index (χ1v) is 6.01. The molecule has 0 atom stereocenters. The lowest BCUT2D eigenvalue weighted by molar-refractivity contribution is 0.867. The second kappa shape index (κ2) is 4.75. The first-order chi connectivity index (χ1) is 7.68. The molecule has 0 N–H and O–H groups in total. The molecule has 0 nitrogen and oxygen atoms in total. The van der Waals surface area contributed by atoms with E-state index >= 15 is 0 Å². The van der Waals surface area contributed by atoms with Crippen LogP contribution >= 0.6 is 12.6 Å². The van der Waals surface area contributed by atoms with Crippen molar-refractivity contribution in [1.82, 2.24) is 0 Å². The second-order valence-corrected chi connectivity index (χ2v) is 4.78. The Labute approximate surface area is 103 Å². The van der Waals surface area contributed by atoms with Gasteiger partial charge in [-0.05, 0) is 28.7 Å². The minimum Gasteiger partial charge on any atom is -0.143 e. The third kappa shape index (κ3) is 2.30. The van der Waals surface area contributed by atoms with Gasteiger partial charge < -0.3 is 0 Å². The number of hydrogen-bond donors (Lipinski definition) is 1. The molecule has 2 rings (SSSR count). The zero-order valence-electron chi connectivity index (χ0n) is 9.64. The molecule has 0 bridgehead atoms. The largest absolute Gasteiger partial charge is 0.143 e. The van der Waals surface area contributed by atoms with E-state index in [0.29, 0.717) is 5.92 Å². The van der Waals surface area contributed by atoms with Crippen LogP contribution in [0.3, 0.4) is 0 Å². The molecule has 0 aromatic heterocycles. The third-order valence-corrected chi connectivity index (χ3v) is 3.18. The highest BCUT2D eigenvalue weighted by molar-refractivity contribution is 7.80. The maximum absolute atomic E-state index is 4.48. The average Bonchev–Trinajstić information content (AvgIpc) is 2.30. The first-order valence-electron chi connectivity index (χ1n) is 5.57. The van der Waals surface area contributed by atoms with Gasteiger partial charge in [-0.25, -0.2) is 0 Å². The van der Waals surface area contributed by atoms with Gasteiger partial charge in [0.05, 0.1) is 0 Å². The molecule has 0 saturated heterocycles. The van der Waals surface area contributed by atoms with Crippen LogP contribution in [0, 0.1) is 0 Å². The summed E-state index contributed by atoms with van der Waals surface area (Å²) in [5, 5.41) is 0. The van der Waals surface area contributed by atoms with Crippen molar-refractivity contribution in [3.63, 3.8) is 0 Å². The van der Waals surface area contributed by atoms with Gasteiger partial charge >= 0.3 is 0 Å². The van der Waals surface area contributed by atoms with Crippen LogP contribution in [0.2, 0.25) is 0 Å².